The number of aromatic amines is 1. The van der Waals surface area contributed by atoms with E-state index in [-0.39, 0.29) is 5.56 Å². The molecule has 106 valence electrons. The highest BCUT2D eigenvalue weighted by molar-refractivity contribution is 5.94. The van der Waals surface area contributed by atoms with Crippen LogP contribution in [0.25, 0.3) is 0 Å². The number of nitrogens with zero attached hydrogens (tertiary/aromatic N) is 1. The van der Waals surface area contributed by atoms with Crippen molar-refractivity contribution in [3.63, 3.8) is 0 Å². The monoisotopic (exact) mass is 276 g/mol. The first-order chi connectivity index (χ1) is 9.58. The summed E-state index contributed by atoms with van der Waals surface area (Å²) in [5.41, 5.74) is 7.90. The van der Waals surface area contributed by atoms with E-state index < -0.39 is 11.7 Å². The predicted octanol–water partition coefficient (Wildman–Crippen LogP) is 1.80. The molecule has 0 aliphatic rings. The fourth-order valence-electron chi connectivity index (χ4n) is 1.92. The molecule has 0 spiro atoms. The summed E-state index contributed by atoms with van der Waals surface area (Å²) < 4.78 is 13.5. The van der Waals surface area contributed by atoms with Gasteiger partial charge in [0.25, 0.3) is 5.91 Å². The number of aromatic nitrogens is 2. The SMILES string of the molecule is Cc1[nH]ncc1CCCNC(=O)c1ccc(N)cc1F. The fourth-order valence-corrected chi connectivity index (χ4v) is 1.92. The minimum Gasteiger partial charge on any atom is -0.399 e. The van der Waals surface area contributed by atoms with Crippen LogP contribution in [0.5, 0.6) is 0 Å². The number of carbonyl (C=O) groups excluding carboxylic acids is 1. The number of amides is 1. The standard InChI is InChI=1S/C14H17FN4O/c1-9-10(8-18-19-9)3-2-6-17-14(20)12-5-4-11(16)7-13(12)15/h4-5,7-8H,2-3,6,16H2,1H3,(H,17,20)(H,18,19). The van der Waals surface area contributed by atoms with Gasteiger partial charge in [-0.1, -0.05) is 0 Å². The second kappa shape index (κ2) is 6.18. The molecule has 0 aliphatic heterocycles. The molecular formula is C14H17FN4O. The second-order valence-electron chi connectivity index (χ2n) is 4.62. The maximum atomic E-state index is 13.5. The van der Waals surface area contributed by atoms with Crippen LogP contribution in [-0.2, 0) is 6.42 Å². The Morgan fingerprint density at radius 3 is 2.95 bits per heavy atom. The quantitative estimate of drug-likeness (QED) is 0.575. The van der Waals surface area contributed by atoms with Gasteiger partial charge in [0.1, 0.15) is 5.82 Å². The van der Waals surface area contributed by atoms with Crippen molar-refractivity contribution >= 4 is 11.6 Å². The molecule has 4 N–H and O–H groups in total. The Kier molecular flexibility index (Phi) is 4.34. The summed E-state index contributed by atoms with van der Waals surface area (Å²) in [5.74, 6) is -1.03. The molecule has 1 aromatic carbocycles. The summed E-state index contributed by atoms with van der Waals surface area (Å²) in [5, 5.41) is 9.48. The van der Waals surface area contributed by atoms with E-state index in [1.54, 1.807) is 6.20 Å². The van der Waals surface area contributed by atoms with E-state index in [4.69, 9.17) is 5.73 Å². The van der Waals surface area contributed by atoms with Gasteiger partial charge >= 0.3 is 0 Å². The lowest BCUT2D eigenvalue weighted by atomic mass is 10.1. The van der Waals surface area contributed by atoms with E-state index in [2.05, 4.69) is 15.5 Å². The molecule has 0 aliphatic carbocycles. The number of H-pyrrole nitrogens is 1. The molecule has 0 fully saturated rings. The molecule has 2 rings (SSSR count). The number of hydrogen-bond donors (Lipinski definition) is 3. The maximum Gasteiger partial charge on any atom is 0.254 e. The maximum absolute atomic E-state index is 13.5. The zero-order chi connectivity index (χ0) is 14.5. The van der Waals surface area contributed by atoms with Crippen LogP contribution in [0.1, 0.15) is 28.0 Å². The van der Waals surface area contributed by atoms with Gasteiger partial charge in [0.2, 0.25) is 0 Å². The van der Waals surface area contributed by atoms with Gasteiger partial charge in [-0.25, -0.2) is 4.39 Å². The Labute approximate surface area is 116 Å². The number of nitrogen functional groups attached to an aromatic ring is 1. The molecular weight excluding hydrogens is 259 g/mol. The van der Waals surface area contributed by atoms with Crippen LogP contribution in [0.3, 0.4) is 0 Å². The largest absolute Gasteiger partial charge is 0.399 e. The van der Waals surface area contributed by atoms with Crippen molar-refractivity contribution in [2.75, 3.05) is 12.3 Å². The third-order valence-electron chi connectivity index (χ3n) is 3.08. The lowest BCUT2D eigenvalue weighted by Crippen LogP contribution is -2.25. The Morgan fingerprint density at radius 1 is 1.50 bits per heavy atom. The number of nitrogens with two attached hydrogens (primary N) is 1. The van der Waals surface area contributed by atoms with Gasteiger partial charge in [-0.3, -0.25) is 9.89 Å². The van der Waals surface area contributed by atoms with Crippen LogP contribution in [0.2, 0.25) is 0 Å². The number of anilines is 1. The lowest BCUT2D eigenvalue weighted by molar-refractivity contribution is 0.0949. The highest BCUT2D eigenvalue weighted by atomic mass is 19.1. The smallest absolute Gasteiger partial charge is 0.254 e. The van der Waals surface area contributed by atoms with Crippen LogP contribution in [0, 0.1) is 12.7 Å². The average molecular weight is 276 g/mol. The van der Waals surface area contributed by atoms with E-state index in [1.165, 1.54) is 12.1 Å². The topological polar surface area (TPSA) is 83.8 Å². The number of benzene rings is 1. The number of halogens is 1. The van der Waals surface area contributed by atoms with E-state index >= 15 is 0 Å². The summed E-state index contributed by atoms with van der Waals surface area (Å²) >= 11 is 0. The Morgan fingerprint density at radius 2 is 2.30 bits per heavy atom. The summed E-state index contributed by atoms with van der Waals surface area (Å²) in [4.78, 5) is 11.8. The molecule has 0 atom stereocenters. The summed E-state index contributed by atoms with van der Waals surface area (Å²) in [6.45, 7) is 2.43. The Bertz CT molecular complexity index is 609. The van der Waals surface area contributed by atoms with Crippen molar-refractivity contribution in [1.29, 1.82) is 0 Å². The molecule has 0 radical (unpaired) electrons. The lowest BCUT2D eigenvalue weighted by Gasteiger charge is -2.06. The Hall–Kier alpha value is -2.37. The van der Waals surface area contributed by atoms with Gasteiger partial charge in [0.05, 0.1) is 11.8 Å². The number of rotatable bonds is 5. The summed E-state index contributed by atoms with van der Waals surface area (Å²) in [7, 11) is 0. The fraction of sp³-hybridized carbons (Fsp3) is 0.286. The number of hydrogen-bond acceptors (Lipinski definition) is 3. The van der Waals surface area contributed by atoms with E-state index in [0.717, 1.165) is 30.2 Å². The highest BCUT2D eigenvalue weighted by Crippen LogP contribution is 2.11. The van der Waals surface area contributed by atoms with Gasteiger partial charge < -0.3 is 11.1 Å². The minimum absolute atomic E-state index is 0.0127. The molecule has 6 heteroatoms. The number of nitrogens with one attached hydrogen (secondary N) is 2. The van der Waals surface area contributed by atoms with Crippen LogP contribution in [0.4, 0.5) is 10.1 Å². The van der Waals surface area contributed by atoms with Gasteiger partial charge in [-0.2, -0.15) is 5.10 Å². The second-order valence-corrected chi connectivity index (χ2v) is 4.62. The molecule has 0 saturated carbocycles. The molecule has 0 bridgehead atoms. The first-order valence-electron chi connectivity index (χ1n) is 6.40. The van der Waals surface area contributed by atoms with Crippen LogP contribution < -0.4 is 11.1 Å². The van der Waals surface area contributed by atoms with Gasteiger partial charge in [0.15, 0.2) is 0 Å². The predicted molar refractivity (Wildman–Crippen MR) is 74.8 cm³/mol. The summed E-state index contributed by atoms with van der Waals surface area (Å²) in [6.07, 6.45) is 3.35. The van der Waals surface area contributed by atoms with Crippen LogP contribution in [-0.4, -0.2) is 22.6 Å². The van der Waals surface area contributed by atoms with Crippen molar-refractivity contribution in [2.24, 2.45) is 0 Å². The number of carbonyl (C=O) groups is 1. The molecule has 0 unspecified atom stereocenters. The molecule has 1 aromatic heterocycles. The third-order valence-corrected chi connectivity index (χ3v) is 3.08. The normalized spacial score (nSPS) is 10.5. The molecule has 5 nitrogen and oxygen atoms in total. The van der Waals surface area contributed by atoms with Crippen molar-refractivity contribution in [3.05, 3.63) is 47.0 Å². The van der Waals surface area contributed by atoms with Crippen molar-refractivity contribution in [3.8, 4) is 0 Å². The zero-order valence-corrected chi connectivity index (χ0v) is 11.2. The van der Waals surface area contributed by atoms with Crippen molar-refractivity contribution in [1.82, 2.24) is 15.5 Å². The average Bonchev–Trinajstić information content (AvgIpc) is 2.80. The molecule has 20 heavy (non-hydrogen) atoms. The Balaban J connectivity index is 1.82. The third kappa shape index (κ3) is 3.34. The molecule has 0 saturated heterocycles. The first kappa shape index (κ1) is 14.0. The van der Waals surface area contributed by atoms with Crippen molar-refractivity contribution < 1.29 is 9.18 Å². The van der Waals surface area contributed by atoms with Crippen LogP contribution >= 0.6 is 0 Å². The molecule has 2 aromatic rings. The first-order valence-corrected chi connectivity index (χ1v) is 6.40. The van der Waals surface area contributed by atoms with Crippen molar-refractivity contribution in [2.45, 2.75) is 19.8 Å². The van der Waals surface area contributed by atoms with E-state index in [9.17, 15) is 9.18 Å². The van der Waals surface area contributed by atoms with Gasteiger partial charge in [0, 0.05) is 17.9 Å². The van der Waals surface area contributed by atoms with Gasteiger partial charge in [-0.05, 0) is 43.5 Å². The number of aryl methyl sites for hydroxylation is 2. The van der Waals surface area contributed by atoms with Crippen LogP contribution in [0.15, 0.2) is 24.4 Å². The zero-order valence-electron chi connectivity index (χ0n) is 11.2. The summed E-state index contributed by atoms with van der Waals surface area (Å²) in [6, 6.07) is 4.04. The van der Waals surface area contributed by atoms with Gasteiger partial charge in [-0.15, -0.1) is 0 Å². The highest BCUT2D eigenvalue weighted by Gasteiger charge is 2.11. The van der Waals surface area contributed by atoms with E-state index in [1.807, 2.05) is 6.92 Å². The minimum atomic E-state index is -0.604. The van der Waals surface area contributed by atoms with E-state index in [0.29, 0.717) is 12.2 Å². The molecule has 1 heterocycles. The molecule has 1 amide bonds.